The van der Waals surface area contributed by atoms with Crippen LogP contribution in [-0.4, -0.2) is 34.9 Å². The van der Waals surface area contributed by atoms with E-state index in [0.717, 1.165) is 41.4 Å². The number of fused-ring (bicyclic) bond motifs is 1. The van der Waals surface area contributed by atoms with Crippen molar-refractivity contribution in [1.29, 1.82) is 0 Å². The number of hydrogen-bond acceptors (Lipinski definition) is 4. The van der Waals surface area contributed by atoms with Gasteiger partial charge in [0.15, 0.2) is 6.61 Å². The minimum absolute atomic E-state index is 0.182. The van der Waals surface area contributed by atoms with Gasteiger partial charge in [0.2, 0.25) is 0 Å². The molecule has 1 aliphatic carbocycles. The average molecular weight is 352 g/mol. The van der Waals surface area contributed by atoms with Crippen molar-refractivity contribution in [2.75, 3.05) is 13.2 Å². The second-order valence-electron chi connectivity index (χ2n) is 6.52. The van der Waals surface area contributed by atoms with E-state index in [-0.39, 0.29) is 12.5 Å². The molecule has 5 heteroatoms. The molecule has 0 fully saturated rings. The molecule has 0 unspecified atom stereocenters. The fourth-order valence-corrected chi connectivity index (χ4v) is 3.55. The molecule has 1 amide bonds. The van der Waals surface area contributed by atoms with Gasteiger partial charge in [-0.15, -0.1) is 0 Å². The molecule has 0 N–H and O–H groups in total. The number of allylic oxidation sites excluding steroid dienone is 2. The van der Waals surface area contributed by atoms with Crippen molar-refractivity contribution in [3.05, 3.63) is 52.9 Å². The number of nitrogens with zero attached hydrogens (tertiary/aromatic N) is 2. The van der Waals surface area contributed by atoms with Crippen LogP contribution in [0, 0.1) is 13.8 Å². The number of hydrogen-bond donors (Lipinski definition) is 0. The van der Waals surface area contributed by atoms with Crippen LogP contribution >= 0.6 is 0 Å². The second kappa shape index (κ2) is 7.68. The average Bonchev–Trinajstić information content (AvgIpc) is 3.15. The number of likely N-dealkylation sites (N-methyl/N-ethyl adjacent to an activating group) is 1. The predicted octanol–water partition coefficient (Wildman–Crippen LogP) is 3.92. The Morgan fingerprint density at radius 2 is 2.00 bits per heavy atom. The van der Waals surface area contributed by atoms with E-state index in [1.54, 1.807) is 11.8 Å². The number of rotatable bonds is 5. The highest BCUT2D eigenvalue weighted by atomic mass is 16.5. The lowest BCUT2D eigenvalue weighted by atomic mass is 10.0. The monoisotopic (exact) mass is 352 g/mol. The number of ether oxygens (including phenoxy) is 1. The Kier molecular flexibility index (Phi) is 5.35. The molecule has 0 saturated carbocycles. The first-order valence-electron chi connectivity index (χ1n) is 9.05. The van der Waals surface area contributed by atoms with E-state index in [1.807, 2.05) is 38.1 Å². The largest absolute Gasteiger partial charge is 0.452 e. The highest BCUT2D eigenvalue weighted by molar-refractivity contribution is 5.99. The van der Waals surface area contributed by atoms with Crippen LogP contribution in [0.3, 0.4) is 0 Å². The van der Waals surface area contributed by atoms with Crippen LogP contribution < -0.4 is 0 Å². The fourth-order valence-electron chi connectivity index (χ4n) is 3.55. The number of amides is 1. The smallest absolute Gasteiger partial charge is 0.340 e. The van der Waals surface area contributed by atoms with Crippen LogP contribution in [0.25, 0.3) is 10.9 Å². The lowest BCUT2D eigenvalue weighted by Gasteiger charge is -2.22. The highest BCUT2D eigenvalue weighted by Crippen LogP contribution is 2.24. The highest BCUT2D eigenvalue weighted by Gasteiger charge is 2.22. The Morgan fingerprint density at radius 3 is 2.69 bits per heavy atom. The van der Waals surface area contributed by atoms with Crippen LogP contribution in [0.1, 0.15) is 47.8 Å². The Hall–Kier alpha value is -2.69. The lowest BCUT2D eigenvalue weighted by molar-refractivity contribution is -0.132. The number of esters is 1. The van der Waals surface area contributed by atoms with Gasteiger partial charge in [0.05, 0.1) is 16.8 Å². The quantitative estimate of drug-likeness (QED) is 0.765. The Morgan fingerprint density at radius 1 is 1.23 bits per heavy atom. The third kappa shape index (κ3) is 3.47. The number of aryl methyl sites for hydroxylation is 2. The van der Waals surface area contributed by atoms with E-state index in [0.29, 0.717) is 17.8 Å². The molecular formula is C21H24N2O3. The van der Waals surface area contributed by atoms with Crippen molar-refractivity contribution >= 4 is 22.8 Å². The molecule has 0 spiro atoms. The summed E-state index contributed by atoms with van der Waals surface area (Å²) in [7, 11) is 0. The molecule has 0 saturated heterocycles. The summed E-state index contributed by atoms with van der Waals surface area (Å²) in [5, 5.41) is 0.919. The third-order valence-corrected chi connectivity index (χ3v) is 4.84. The van der Waals surface area contributed by atoms with Crippen molar-refractivity contribution in [2.24, 2.45) is 0 Å². The molecule has 1 aromatic heterocycles. The van der Waals surface area contributed by atoms with Gasteiger partial charge in [-0.1, -0.05) is 24.3 Å². The zero-order valence-corrected chi connectivity index (χ0v) is 15.5. The minimum Gasteiger partial charge on any atom is -0.452 e. The van der Waals surface area contributed by atoms with E-state index >= 15 is 0 Å². The van der Waals surface area contributed by atoms with Crippen molar-refractivity contribution in [3.8, 4) is 0 Å². The standard InChI is InChI=1S/C21H24N2O3/c1-4-23(16-9-5-6-10-16)19(24)13-26-21(25)20-14(2)17-11-7-8-12-18(17)22-15(20)3/h7-9,11-12H,4-6,10,13H2,1-3H3. The molecule has 3 rings (SSSR count). The van der Waals surface area contributed by atoms with Gasteiger partial charge >= 0.3 is 5.97 Å². The maximum absolute atomic E-state index is 12.6. The van der Waals surface area contributed by atoms with Crippen LogP contribution in [0.2, 0.25) is 0 Å². The first-order valence-corrected chi connectivity index (χ1v) is 9.05. The third-order valence-electron chi connectivity index (χ3n) is 4.84. The summed E-state index contributed by atoms with van der Waals surface area (Å²) < 4.78 is 5.35. The Bertz CT molecular complexity index is 886. The topological polar surface area (TPSA) is 59.5 Å². The normalized spacial score (nSPS) is 13.6. The van der Waals surface area contributed by atoms with Gasteiger partial charge < -0.3 is 9.64 Å². The number of carbonyl (C=O) groups excluding carboxylic acids is 2. The summed E-state index contributed by atoms with van der Waals surface area (Å²) in [6.45, 7) is 5.94. The fraction of sp³-hybridized carbons (Fsp3) is 0.381. The van der Waals surface area contributed by atoms with Gasteiger partial charge in [0.25, 0.3) is 5.91 Å². The van der Waals surface area contributed by atoms with Gasteiger partial charge in [-0.2, -0.15) is 0 Å². The maximum Gasteiger partial charge on any atom is 0.340 e. The zero-order chi connectivity index (χ0) is 18.7. The molecule has 1 heterocycles. The maximum atomic E-state index is 12.6. The first kappa shape index (κ1) is 18.1. The van der Waals surface area contributed by atoms with Crippen LogP contribution in [0.4, 0.5) is 0 Å². The van der Waals surface area contributed by atoms with E-state index in [2.05, 4.69) is 11.1 Å². The van der Waals surface area contributed by atoms with E-state index < -0.39 is 5.97 Å². The molecule has 1 aromatic carbocycles. The molecule has 2 aromatic rings. The Balaban J connectivity index is 1.76. The van der Waals surface area contributed by atoms with Gasteiger partial charge in [-0.05, 0) is 51.7 Å². The number of aromatic nitrogens is 1. The van der Waals surface area contributed by atoms with Crippen molar-refractivity contribution in [2.45, 2.75) is 40.0 Å². The second-order valence-corrected chi connectivity index (χ2v) is 6.52. The molecular weight excluding hydrogens is 328 g/mol. The number of benzene rings is 1. The molecule has 5 nitrogen and oxygen atoms in total. The molecule has 1 aliphatic rings. The summed E-state index contributed by atoms with van der Waals surface area (Å²) in [5.74, 6) is -0.680. The van der Waals surface area contributed by atoms with Crippen LogP contribution in [0.15, 0.2) is 36.0 Å². The number of pyridine rings is 1. The number of carbonyl (C=O) groups is 2. The number of para-hydroxylation sites is 1. The van der Waals surface area contributed by atoms with Gasteiger partial charge in [0.1, 0.15) is 0 Å². The molecule has 0 radical (unpaired) electrons. The Labute approximate surface area is 153 Å². The first-order chi connectivity index (χ1) is 12.5. The van der Waals surface area contributed by atoms with E-state index in [4.69, 9.17) is 4.74 Å². The van der Waals surface area contributed by atoms with Gasteiger partial charge in [0, 0.05) is 17.6 Å². The van der Waals surface area contributed by atoms with Crippen molar-refractivity contribution < 1.29 is 14.3 Å². The molecule has 136 valence electrons. The summed E-state index contributed by atoms with van der Waals surface area (Å²) in [6.07, 6.45) is 5.06. The molecule has 0 atom stereocenters. The summed E-state index contributed by atoms with van der Waals surface area (Å²) in [6, 6.07) is 7.69. The van der Waals surface area contributed by atoms with Crippen LogP contribution in [0.5, 0.6) is 0 Å². The van der Waals surface area contributed by atoms with Gasteiger partial charge in [-0.3, -0.25) is 9.78 Å². The zero-order valence-electron chi connectivity index (χ0n) is 15.5. The van der Waals surface area contributed by atoms with E-state index in [9.17, 15) is 9.59 Å². The lowest BCUT2D eigenvalue weighted by Crippen LogP contribution is -2.33. The summed E-state index contributed by atoms with van der Waals surface area (Å²) >= 11 is 0. The van der Waals surface area contributed by atoms with Crippen molar-refractivity contribution in [3.63, 3.8) is 0 Å². The molecule has 26 heavy (non-hydrogen) atoms. The van der Waals surface area contributed by atoms with E-state index in [1.165, 1.54) is 0 Å². The predicted molar refractivity (Wildman–Crippen MR) is 101 cm³/mol. The van der Waals surface area contributed by atoms with Gasteiger partial charge in [-0.25, -0.2) is 4.79 Å². The minimum atomic E-state index is -0.497. The SMILES string of the molecule is CCN(C(=O)COC(=O)c1c(C)nc2ccccc2c1C)C1=CCCC1. The van der Waals surface area contributed by atoms with Crippen molar-refractivity contribution in [1.82, 2.24) is 9.88 Å². The molecule has 0 bridgehead atoms. The molecule has 0 aliphatic heterocycles. The summed E-state index contributed by atoms with van der Waals surface area (Å²) in [5.41, 5.74) is 3.77. The summed E-state index contributed by atoms with van der Waals surface area (Å²) in [4.78, 5) is 31.3. The van der Waals surface area contributed by atoms with Crippen LogP contribution in [-0.2, 0) is 9.53 Å².